The van der Waals surface area contributed by atoms with Crippen LogP contribution in [0.5, 0.6) is 0 Å². The van der Waals surface area contributed by atoms with Crippen molar-refractivity contribution in [1.82, 2.24) is 4.90 Å². The van der Waals surface area contributed by atoms with Gasteiger partial charge in [-0.3, -0.25) is 0 Å². The van der Waals surface area contributed by atoms with Gasteiger partial charge >= 0.3 is 6.09 Å². The average Bonchev–Trinajstić information content (AvgIpc) is 2.99. The lowest BCUT2D eigenvalue weighted by Crippen LogP contribution is -2.43. The largest absolute Gasteiger partial charge is 0.465 e. The van der Waals surface area contributed by atoms with Gasteiger partial charge in [-0.05, 0) is 44.4 Å². The fourth-order valence-electron chi connectivity index (χ4n) is 2.33. The maximum atomic E-state index is 11.1. The first-order chi connectivity index (χ1) is 7.16. The summed E-state index contributed by atoms with van der Waals surface area (Å²) in [7, 11) is 0. The Balaban J connectivity index is 1.88. The van der Waals surface area contributed by atoms with E-state index in [2.05, 4.69) is 0 Å². The smallest absolute Gasteiger partial charge is 0.407 e. The quantitative estimate of drug-likeness (QED) is 0.749. The van der Waals surface area contributed by atoms with Crippen molar-refractivity contribution in [3.8, 4) is 0 Å². The molecule has 0 aromatic rings. The number of carboxylic acid groups (broad SMARTS) is 1. The van der Waals surface area contributed by atoms with Gasteiger partial charge in [0.05, 0.1) is 6.10 Å². The Morgan fingerprint density at radius 1 is 1.13 bits per heavy atom. The lowest BCUT2D eigenvalue weighted by molar-refractivity contribution is 0.0670. The molecule has 2 fully saturated rings. The lowest BCUT2D eigenvalue weighted by atomic mass is 9.92. The Bertz CT molecular complexity index is 232. The molecule has 2 aliphatic carbocycles. The number of hydrogen-bond acceptors (Lipinski definition) is 2. The molecular formula is C11H19NO3. The predicted molar refractivity (Wildman–Crippen MR) is 55.7 cm³/mol. The van der Waals surface area contributed by atoms with E-state index in [9.17, 15) is 9.90 Å². The van der Waals surface area contributed by atoms with E-state index < -0.39 is 6.09 Å². The molecule has 2 rings (SSSR count). The van der Waals surface area contributed by atoms with Crippen molar-refractivity contribution in [2.45, 2.75) is 50.7 Å². The zero-order chi connectivity index (χ0) is 10.8. The van der Waals surface area contributed by atoms with Crippen LogP contribution in [0.1, 0.15) is 38.5 Å². The number of amides is 1. The topological polar surface area (TPSA) is 60.8 Å². The monoisotopic (exact) mass is 213 g/mol. The number of nitrogens with zero attached hydrogens (tertiary/aromatic N) is 1. The van der Waals surface area contributed by atoms with Crippen molar-refractivity contribution in [2.75, 3.05) is 6.54 Å². The van der Waals surface area contributed by atoms with E-state index in [4.69, 9.17) is 5.11 Å². The molecule has 2 N–H and O–H groups in total. The molecule has 0 bridgehead atoms. The first-order valence-electron chi connectivity index (χ1n) is 5.84. The summed E-state index contributed by atoms with van der Waals surface area (Å²) >= 11 is 0. The number of hydrogen-bond donors (Lipinski definition) is 2. The van der Waals surface area contributed by atoms with E-state index in [1.807, 2.05) is 0 Å². The van der Waals surface area contributed by atoms with Crippen LogP contribution < -0.4 is 0 Å². The number of carbonyl (C=O) groups is 1. The molecule has 0 aromatic heterocycles. The molecule has 4 nitrogen and oxygen atoms in total. The van der Waals surface area contributed by atoms with Gasteiger partial charge in [0.25, 0.3) is 0 Å². The van der Waals surface area contributed by atoms with Crippen molar-refractivity contribution >= 4 is 6.09 Å². The van der Waals surface area contributed by atoms with Gasteiger partial charge in [-0.2, -0.15) is 0 Å². The molecule has 0 aliphatic heterocycles. The van der Waals surface area contributed by atoms with Crippen LogP contribution in [0.15, 0.2) is 0 Å². The van der Waals surface area contributed by atoms with Gasteiger partial charge in [-0.1, -0.05) is 0 Å². The van der Waals surface area contributed by atoms with Crippen LogP contribution in [0.25, 0.3) is 0 Å². The van der Waals surface area contributed by atoms with E-state index in [-0.39, 0.29) is 12.1 Å². The van der Waals surface area contributed by atoms with Crippen molar-refractivity contribution < 1.29 is 15.0 Å². The molecule has 0 saturated heterocycles. The van der Waals surface area contributed by atoms with Crippen LogP contribution in [0.4, 0.5) is 4.79 Å². The highest BCUT2D eigenvalue weighted by atomic mass is 16.4. The maximum Gasteiger partial charge on any atom is 0.407 e. The van der Waals surface area contributed by atoms with E-state index in [1.165, 1.54) is 12.8 Å². The highest BCUT2D eigenvalue weighted by Crippen LogP contribution is 2.32. The molecule has 2 aliphatic rings. The van der Waals surface area contributed by atoms with Crippen molar-refractivity contribution in [1.29, 1.82) is 0 Å². The second-order valence-corrected chi connectivity index (χ2v) is 4.84. The minimum absolute atomic E-state index is 0.145. The molecule has 0 unspecified atom stereocenters. The highest BCUT2D eigenvalue weighted by Gasteiger charge is 2.32. The first kappa shape index (κ1) is 10.7. The molecule has 0 aromatic carbocycles. The van der Waals surface area contributed by atoms with Crippen LogP contribution in [-0.4, -0.2) is 39.9 Å². The Kier molecular flexibility index (Phi) is 3.14. The SMILES string of the molecule is O=C(O)N(CC1CC1)[C@H]1CC[C@H](O)CC1. The number of aliphatic hydroxyl groups excluding tert-OH is 1. The van der Waals surface area contributed by atoms with Gasteiger partial charge in [-0.25, -0.2) is 4.79 Å². The van der Waals surface area contributed by atoms with Crippen molar-refractivity contribution in [3.05, 3.63) is 0 Å². The minimum Gasteiger partial charge on any atom is -0.465 e. The van der Waals surface area contributed by atoms with Crippen molar-refractivity contribution in [2.24, 2.45) is 5.92 Å². The van der Waals surface area contributed by atoms with E-state index >= 15 is 0 Å². The number of aliphatic hydroxyl groups is 1. The van der Waals surface area contributed by atoms with Gasteiger partial charge in [0.15, 0.2) is 0 Å². The Labute approximate surface area is 89.9 Å². The molecule has 0 radical (unpaired) electrons. The van der Waals surface area contributed by atoms with Crippen LogP contribution in [0.3, 0.4) is 0 Å². The minimum atomic E-state index is -0.789. The molecule has 1 amide bonds. The first-order valence-corrected chi connectivity index (χ1v) is 5.84. The van der Waals surface area contributed by atoms with Gasteiger partial charge in [0.2, 0.25) is 0 Å². The molecule has 0 heterocycles. The molecule has 0 spiro atoms. The van der Waals surface area contributed by atoms with E-state index in [0.29, 0.717) is 12.5 Å². The Morgan fingerprint density at radius 2 is 1.73 bits per heavy atom. The van der Waals surface area contributed by atoms with Gasteiger partial charge < -0.3 is 15.1 Å². The fourth-order valence-corrected chi connectivity index (χ4v) is 2.33. The van der Waals surface area contributed by atoms with Gasteiger partial charge in [-0.15, -0.1) is 0 Å². The van der Waals surface area contributed by atoms with Gasteiger partial charge in [0, 0.05) is 12.6 Å². The molecule has 86 valence electrons. The predicted octanol–water partition coefficient (Wildman–Crippen LogP) is 1.68. The van der Waals surface area contributed by atoms with Crippen molar-refractivity contribution in [3.63, 3.8) is 0 Å². The van der Waals surface area contributed by atoms with Crippen LogP contribution in [0.2, 0.25) is 0 Å². The Morgan fingerprint density at radius 3 is 2.20 bits per heavy atom. The number of rotatable bonds is 3. The highest BCUT2D eigenvalue weighted by molar-refractivity contribution is 5.65. The fraction of sp³-hybridized carbons (Fsp3) is 0.909. The summed E-state index contributed by atoms with van der Waals surface area (Å²) in [6.07, 6.45) is 4.50. The van der Waals surface area contributed by atoms with E-state index in [1.54, 1.807) is 4.90 Å². The third kappa shape index (κ3) is 2.84. The summed E-state index contributed by atoms with van der Waals surface area (Å²) in [5, 5.41) is 18.5. The lowest BCUT2D eigenvalue weighted by Gasteiger charge is -2.33. The molecule has 15 heavy (non-hydrogen) atoms. The summed E-state index contributed by atoms with van der Waals surface area (Å²) in [5.74, 6) is 0.605. The molecule has 4 heteroatoms. The molecular weight excluding hydrogens is 194 g/mol. The summed E-state index contributed by atoms with van der Waals surface area (Å²) in [6, 6.07) is 0.145. The summed E-state index contributed by atoms with van der Waals surface area (Å²) < 4.78 is 0. The van der Waals surface area contributed by atoms with E-state index in [0.717, 1.165) is 25.7 Å². The van der Waals surface area contributed by atoms with Crippen LogP contribution >= 0.6 is 0 Å². The second-order valence-electron chi connectivity index (χ2n) is 4.84. The molecule has 0 atom stereocenters. The zero-order valence-electron chi connectivity index (χ0n) is 8.93. The normalized spacial score (nSPS) is 31.3. The summed E-state index contributed by atoms with van der Waals surface area (Å²) in [4.78, 5) is 12.7. The third-order valence-corrected chi connectivity index (χ3v) is 3.50. The van der Waals surface area contributed by atoms with Gasteiger partial charge in [0.1, 0.15) is 0 Å². The summed E-state index contributed by atoms with van der Waals surface area (Å²) in [6.45, 7) is 0.704. The third-order valence-electron chi connectivity index (χ3n) is 3.50. The zero-order valence-corrected chi connectivity index (χ0v) is 8.93. The second kappa shape index (κ2) is 4.39. The standard InChI is InChI=1S/C11H19NO3/c13-10-5-3-9(4-6-10)12(11(14)15)7-8-1-2-8/h8-10,13H,1-7H2,(H,14,15)/t9-,10-. The summed E-state index contributed by atoms with van der Waals surface area (Å²) in [5.41, 5.74) is 0. The molecule has 2 saturated carbocycles. The van der Waals surface area contributed by atoms with Crippen LogP contribution in [-0.2, 0) is 0 Å². The van der Waals surface area contributed by atoms with Crippen LogP contribution in [0, 0.1) is 5.92 Å². The Hall–Kier alpha value is -0.770. The maximum absolute atomic E-state index is 11.1. The average molecular weight is 213 g/mol.